The highest BCUT2D eigenvalue weighted by atomic mass is 16.8. The van der Waals surface area contributed by atoms with Crippen molar-refractivity contribution in [3.05, 3.63) is 54.2 Å². The molecule has 2 aliphatic heterocycles. The molecule has 4 heterocycles. The van der Waals surface area contributed by atoms with Crippen LogP contribution >= 0.6 is 0 Å². The van der Waals surface area contributed by atoms with Crippen LogP contribution in [0.2, 0.25) is 0 Å². The zero-order valence-electron chi connectivity index (χ0n) is 16.4. The number of fused-ring (bicyclic) bond motifs is 2. The second-order valence-electron chi connectivity index (χ2n) is 7.94. The zero-order valence-corrected chi connectivity index (χ0v) is 16.4. The Morgan fingerprint density at radius 2 is 1.83 bits per heavy atom. The van der Waals surface area contributed by atoms with E-state index < -0.39 is 18.1 Å². The van der Waals surface area contributed by atoms with Crippen LogP contribution in [0.4, 0.5) is 0 Å². The molecule has 1 N–H and O–H groups in total. The van der Waals surface area contributed by atoms with E-state index in [1.807, 2.05) is 36.6 Å². The molecule has 0 bridgehead atoms. The van der Waals surface area contributed by atoms with E-state index in [0.717, 1.165) is 24.1 Å². The summed E-state index contributed by atoms with van der Waals surface area (Å²) in [6.45, 7) is 3.60. The molecule has 0 spiro atoms. The first-order chi connectivity index (χ1) is 14.1. The number of imidazole rings is 1. The Bertz CT molecular complexity index is 1010. The fourth-order valence-electron chi connectivity index (χ4n) is 4.21. The van der Waals surface area contributed by atoms with Crippen molar-refractivity contribution in [3.63, 3.8) is 0 Å². The van der Waals surface area contributed by atoms with Crippen molar-refractivity contribution in [2.75, 3.05) is 6.61 Å². The molecule has 8 nitrogen and oxygen atoms in total. The summed E-state index contributed by atoms with van der Waals surface area (Å²) in [5, 5.41) is 9.72. The normalized spacial score (nSPS) is 28.1. The molecular formula is C21H24N4O4. The van der Waals surface area contributed by atoms with Gasteiger partial charge in [-0.3, -0.25) is 4.57 Å². The van der Waals surface area contributed by atoms with Crippen molar-refractivity contribution in [2.24, 2.45) is 0 Å². The smallest absolute Gasteiger partial charge is 0.166 e. The average Bonchev–Trinajstić information content (AvgIpc) is 3.37. The molecule has 2 saturated heterocycles. The maximum atomic E-state index is 9.72. The minimum absolute atomic E-state index is 0.138. The second kappa shape index (κ2) is 7.14. The molecule has 2 fully saturated rings. The fraction of sp³-hybridized carbons (Fsp3) is 0.476. The summed E-state index contributed by atoms with van der Waals surface area (Å²) < 4.78 is 19.9. The monoisotopic (exact) mass is 396 g/mol. The van der Waals surface area contributed by atoms with E-state index in [1.54, 1.807) is 12.7 Å². The number of aryl methyl sites for hydroxylation is 2. The van der Waals surface area contributed by atoms with Crippen molar-refractivity contribution >= 4 is 11.2 Å². The van der Waals surface area contributed by atoms with Crippen LogP contribution in [-0.2, 0) is 27.1 Å². The SMILES string of the molecule is CC1(C)O[C@@H]2[C@H](O1)[C@@H](CO)O[C@H]2n1cnc2c(CCc3ccccc3)ncnc21. The Kier molecular flexibility index (Phi) is 4.59. The molecule has 0 aliphatic carbocycles. The van der Waals surface area contributed by atoms with Gasteiger partial charge in [-0.15, -0.1) is 0 Å². The molecule has 29 heavy (non-hydrogen) atoms. The minimum Gasteiger partial charge on any atom is -0.394 e. The zero-order chi connectivity index (χ0) is 20.0. The summed E-state index contributed by atoms with van der Waals surface area (Å²) in [4.78, 5) is 13.5. The number of hydrogen-bond donors (Lipinski definition) is 1. The summed E-state index contributed by atoms with van der Waals surface area (Å²) in [7, 11) is 0. The molecule has 0 radical (unpaired) electrons. The Morgan fingerprint density at radius 1 is 1.03 bits per heavy atom. The van der Waals surface area contributed by atoms with Gasteiger partial charge < -0.3 is 19.3 Å². The van der Waals surface area contributed by atoms with Crippen molar-refractivity contribution in [2.45, 2.75) is 57.0 Å². The van der Waals surface area contributed by atoms with Crippen LogP contribution in [0.3, 0.4) is 0 Å². The topological polar surface area (TPSA) is 91.5 Å². The number of aliphatic hydroxyl groups excluding tert-OH is 1. The van der Waals surface area contributed by atoms with Gasteiger partial charge in [-0.05, 0) is 32.3 Å². The summed E-state index contributed by atoms with van der Waals surface area (Å²) in [5.41, 5.74) is 3.60. The molecule has 0 saturated carbocycles. The highest BCUT2D eigenvalue weighted by molar-refractivity contribution is 5.73. The lowest BCUT2D eigenvalue weighted by Crippen LogP contribution is -2.31. The van der Waals surface area contributed by atoms with Gasteiger partial charge in [-0.1, -0.05) is 30.3 Å². The predicted octanol–water partition coefficient (Wildman–Crippen LogP) is 2.02. The number of ether oxygens (including phenoxy) is 3. The Balaban J connectivity index is 1.44. The van der Waals surface area contributed by atoms with Crippen molar-refractivity contribution in [3.8, 4) is 0 Å². The third-order valence-corrected chi connectivity index (χ3v) is 5.51. The Labute approximate surface area is 168 Å². The van der Waals surface area contributed by atoms with Crippen LogP contribution in [0.15, 0.2) is 43.0 Å². The van der Waals surface area contributed by atoms with Crippen LogP contribution in [-0.4, -0.2) is 55.3 Å². The molecule has 2 aromatic heterocycles. The van der Waals surface area contributed by atoms with Gasteiger partial charge in [0.15, 0.2) is 17.7 Å². The average molecular weight is 396 g/mol. The van der Waals surface area contributed by atoms with Gasteiger partial charge >= 0.3 is 0 Å². The van der Waals surface area contributed by atoms with Crippen LogP contribution in [0.5, 0.6) is 0 Å². The van der Waals surface area contributed by atoms with E-state index in [-0.39, 0.29) is 18.8 Å². The summed E-state index contributed by atoms with van der Waals surface area (Å²) in [5.74, 6) is -0.725. The minimum atomic E-state index is -0.725. The second-order valence-corrected chi connectivity index (χ2v) is 7.94. The summed E-state index contributed by atoms with van der Waals surface area (Å²) in [6, 6.07) is 10.3. The van der Waals surface area contributed by atoms with Crippen LogP contribution in [0.25, 0.3) is 11.2 Å². The third-order valence-electron chi connectivity index (χ3n) is 5.51. The molecule has 3 aromatic rings. The van der Waals surface area contributed by atoms with E-state index in [9.17, 15) is 5.11 Å². The molecular weight excluding hydrogens is 372 g/mol. The molecule has 152 valence electrons. The quantitative estimate of drug-likeness (QED) is 0.705. The third kappa shape index (κ3) is 3.32. The molecule has 0 amide bonds. The van der Waals surface area contributed by atoms with Gasteiger partial charge in [0.1, 0.15) is 30.2 Å². The number of rotatable bonds is 5. The lowest BCUT2D eigenvalue weighted by atomic mass is 10.1. The van der Waals surface area contributed by atoms with Crippen molar-refractivity contribution < 1.29 is 19.3 Å². The standard InChI is InChI=1S/C21H24N4O4/c1-21(2)28-17-15(10-26)27-20(18(17)29-21)25-12-24-16-14(22-11-23-19(16)25)9-8-13-6-4-3-5-7-13/h3-7,11-12,15,17-18,20,26H,8-10H2,1-2H3/t15-,17-,18-,20-/m1/s1. The van der Waals surface area contributed by atoms with E-state index in [0.29, 0.717) is 5.65 Å². The van der Waals surface area contributed by atoms with Crippen molar-refractivity contribution in [1.82, 2.24) is 19.5 Å². The van der Waals surface area contributed by atoms with Gasteiger partial charge in [0.25, 0.3) is 0 Å². The highest BCUT2D eigenvalue weighted by Crippen LogP contribution is 2.43. The maximum Gasteiger partial charge on any atom is 0.166 e. The van der Waals surface area contributed by atoms with E-state index in [1.165, 1.54) is 5.56 Å². The molecule has 8 heteroatoms. The van der Waals surface area contributed by atoms with E-state index in [2.05, 4.69) is 27.1 Å². The van der Waals surface area contributed by atoms with Crippen LogP contribution in [0, 0.1) is 0 Å². The fourth-order valence-corrected chi connectivity index (χ4v) is 4.21. The van der Waals surface area contributed by atoms with E-state index >= 15 is 0 Å². The largest absolute Gasteiger partial charge is 0.394 e. The molecule has 4 atom stereocenters. The van der Waals surface area contributed by atoms with Crippen molar-refractivity contribution in [1.29, 1.82) is 0 Å². The molecule has 0 unspecified atom stereocenters. The summed E-state index contributed by atoms with van der Waals surface area (Å²) >= 11 is 0. The first-order valence-corrected chi connectivity index (χ1v) is 9.88. The van der Waals surface area contributed by atoms with E-state index in [4.69, 9.17) is 14.2 Å². The van der Waals surface area contributed by atoms with Gasteiger partial charge in [0, 0.05) is 0 Å². The number of aromatic nitrogens is 4. The number of hydrogen-bond acceptors (Lipinski definition) is 7. The first-order valence-electron chi connectivity index (χ1n) is 9.88. The molecule has 5 rings (SSSR count). The lowest BCUT2D eigenvalue weighted by molar-refractivity contribution is -0.199. The number of aliphatic hydroxyl groups is 1. The Morgan fingerprint density at radius 3 is 2.62 bits per heavy atom. The molecule has 1 aromatic carbocycles. The highest BCUT2D eigenvalue weighted by Gasteiger charge is 2.55. The number of nitrogens with zero attached hydrogens (tertiary/aromatic N) is 4. The summed E-state index contributed by atoms with van der Waals surface area (Å²) in [6.07, 6.45) is 3.31. The number of benzene rings is 1. The lowest BCUT2D eigenvalue weighted by Gasteiger charge is -2.24. The predicted molar refractivity (Wildman–Crippen MR) is 104 cm³/mol. The van der Waals surface area contributed by atoms with Gasteiger partial charge in [0.05, 0.1) is 18.6 Å². The van der Waals surface area contributed by atoms with Gasteiger partial charge in [-0.2, -0.15) is 0 Å². The first kappa shape index (κ1) is 18.6. The van der Waals surface area contributed by atoms with Crippen LogP contribution < -0.4 is 0 Å². The Hall–Kier alpha value is -2.39. The molecule has 2 aliphatic rings. The maximum absolute atomic E-state index is 9.72. The van der Waals surface area contributed by atoms with Gasteiger partial charge in [-0.25, -0.2) is 15.0 Å². The van der Waals surface area contributed by atoms with Crippen LogP contribution in [0.1, 0.15) is 31.3 Å². The van der Waals surface area contributed by atoms with Gasteiger partial charge in [0.2, 0.25) is 0 Å².